The number of hydrogen-bond donors (Lipinski definition) is 1. The largest absolute Gasteiger partial charge is 0.494 e. The molecule has 0 aliphatic rings. The van der Waals surface area contributed by atoms with E-state index in [4.69, 9.17) is 4.74 Å². The molecular formula is C21H24FN3O. The van der Waals surface area contributed by atoms with Crippen LogP contribution in [0.4, 0.5) is 4.39 Å². The Hall–Kier alpha value is -2.66. The first kappa shape index (κ1) is 18.1. The number of hydrogen-bond acceptors (Lipinski definition) is 3. The third kappa shape index (κ3) is 4.11. The average Bonchev–Trinajstić information content (AvgIpc) is 3.03. The van der Waals surface area contributed by atoms with Gasteiger partial charge in [-0.25, -0.2) is 9.07 Å². The summed E-state index contributed by atoms with van der Waals surface area (Å²) in [6.45, 7) is 7.50. The van der Waals surface area contributed by atoms with Crippen molar-refractivity contribution in [3.05, 3.63) is 77.4 Å². The number of rotatable bonds is 7. The minimum absolute atomic E-state index is 0.129. The molecule has 5 heteroatoms. The number of aromatic nitrogens is 2. The zero-order valence-electron chi connectivity index (χ0n) is 15.4. The third-order valence-corrected chi connectivity index (χ3v) is 4.41. The van der Waals surface area contributed by atoms with Crippen molar-refractivity contribution in [3.8, 4) is 11.4 Å². The van der Waals surface area contributed by atoms with Crippen LogP contribution < -0.4 is 10.1 Å². The number of ether oxygens (including phenoxy) is 1. The molecule has 26 heavy (non-hydrogen) atoms. The molecule has 4 nitrogen and oxygen atoms in total. The third-order valence-electron chi connectivity index (χ3n) is 4.41. The van der Waals surface area contributed by atoms with E-state index in [2.05, 4.69) is 29.5 Å². The van der Waals surface area contributed by atoms with Crippen molar-refractivity contribution in [1.29, 1.82) is 0 Å². The van der Waals surface area contributed by atoms with Crippen LogP contribution in [0.5, 0.6) is 5.75 Å². The van der Waals surface area contributed by atoms with Gasteiger partial charge in [-0.3, -0.25) is 0 Å². The number of benzene rings is 2. The Bertz CT molecular complexity index is 858. The van der Waals surface area contributed by atoms with Crippen molar-refractivity contribution in [1.82, 2.24) is 15.1 Å². The highest BCUT2D eigenvalue weighted by Gasteiger charge is 2.14. The summed E-state index contributed by atoms with van der Waals surface area (Å²) < 4.78 is 20.7. The first-order valence-electron chi connectivity index (χ1n) is 8.84. The molecule has 0 amide bonds. The van der Waals surface area contributed by atoms with Crippen molar-refractivity contribution >= 4 is 0 Å². The zero-order valence-corrected chi connectivity index (χ0v) is 15.4. The van der Waals surface area contributed by atoms with Gasteiger partial charge >= 0.3 is 0 Å². The van der Waals surface area contributed by atoms with E-state index in [0.29, 0.717) is 6.61 Å². The fourth-order valence-corrected chi connectivity index (χ4v) is 2.97. The lowest BCUT2D eigenvalue weighted by molar-refractivity contribution is 0.340. The Kier molecular flexibility index (Phi) is 5.68. The van der Waals surface area contributed by atoms with Gasteiger partial charge in [0, 0.05) is 23.8 Å². The van der Waals surface area contributed by atoms with E-state index in [1.807, 2.05) is 38.2 Å². The van der Waals surface area contributed by atoms with Crippen LogP contribution in [0.25, 0.3) is 5.69 Å². The normalized spacial score (nSPS) is 12.2. The van der Waals surface area contributed by atoms with Crippen LogP contribution >= 0.6 is 0 Å². The number of nitrogens with one attached hydrogen (secondary N) is 1. The topological polar surface area (TPSA) is 39.1 Å². The summed E-state index contributed by atoms with van der Waals surface area (Å²) in [5.74, 6) is 0.622. The fourth-order valence-electron chi connectivity index (χ4n) is 2.97. The molecule has 3 aromatic rings. The van der Waals surface area contributed by atoms with E-state index in [1.54, 1.807) is 10.7 Å². The van der Waals surface area contributed by atoms with Gasteiger partial charge in [-0.2, -0.15) is 5.10 Å². The molecule has 1 atom stereocenters. The first-order valence-corrected chi connectivity index (χ1v) is 8.84. The second-order valence-corrected chi connectivity index (χ2v) is 6.26. The second-order valence-electron chi connectivity index (χ2n) is 6.26. The van der Waals surface area contributed by atoms with Crippen molar-refractivity contribution in [3.63, 3.8) is 0 Å². The molecule has 1 heterocycles. The molecule has 1 unspecified atom stereocenters. The molecule has 0 saturated heterocycles. The van der Waals surface area contributed by atoms with Crippen LogP contribution in [-0.4, -0.2) is 16.4 Å². The van der Waals surface area contributed by atoms with Gasteiger partial charge < -0.3 is 10.1 Å². The van der Waals surface area contributed by atoms with Crippen LogP contribution in [-0.2, 0) is 6.54 Å². The van der Waals surface area contributed by atoms with Gasteiger partial charge in [0.05, 0.1) is 18.5 Å². The molecule has 0 aliphatic heterocycles. The van der Waals surface area contributed by atoms with Gasteiger partial charge in [0.15, 0.2) is 0 Å². The van der Waals surface area contributed by atoms with E-state index in [0.717, 1.165) is 29.2 Å². The Balaban J connectivity index is 1.67. The van der Waals surface area contributed by atoms with Crippen molar-refractivity contribution in [2.45, 2.75) is 33.4 Å². The minimum Gasteiger partial charge on any atom is -0.494 e. The SMILES string of the molecule is CCOc1ccc(CNC(C)c2cnn(-c3cccc(F)c3)c2C)cc1. The zero-order chi connectivity index (χ0) is 18.5. The lowest BCUT2D eigenvalue weighted by Gasteiger charge is -2.14. The van der Waals surface area contributed by atoms with Gasteiger partial charge in [0.2, 0.25) is 0 Å². The molecule has 0 spiro atoms. The molecule has 2 aromatic carbocycles. The van der Waals surface area contributed by atoms with E-state index in [-0.39, 0.29) is 11.9 Å². The molecule has 0 aliphatic carbocycles. The van der Waals surface area contributed by atoms with Crippen LogP contribution in [0.15, 0.2) is 54.7 Å². The average molecular weight is 353 g/mol. The Labute approximate surface area is 153 Å². The predicted octanol–water partition coefficient (Wildman–Crippen LogP) is 4.57. The van der Waals surface area contributed by atoms with E-state index < -0.39 is 0 Å². The van der Waals surface area contributed by atoms with Gasteiger partial charge in [-0.1, -0.05) is 18.2 Å². The summed E-state index contributed by atoms with van der Waals surface area (Å²) in [6, 6.07) is 14.7. The summed E-state index contributed by atoms with van der Waals surface area (Å²) >= 11 is 0. The highest BCUT2D eigenvalue weighted by atomic mass is 19.1. The lowest BCUT2D eigenvalue weighted by atomic mass is 10.1. The smallest absolute Gasteiger partial charge is 0.125 e. The number of halogens is 1. The van der Waals surface area contributed by atoms with Crippen LogP contribution in [0.3, 0.4) is 0 Å². The van der Waals surface area contributed by atoms with E-state index in [9.17, 15) is 4.39 Å². The highest BCUT2D eigenvalue weighted by Crippen LogP contribution is 2.21. The molecule has 0 radical (unpaired) electrons. The van der Waals surface area contributed by atoms with E-state index in [1.165, 1.54) is 17.7 Å². The van der Waals surface area contributed by atoms with Crippen LogP contribution in [0, 0.1) is 12.7 Å². The van der Waals surface area contributed by atoms with Crippen molar-refractivity contribution < 1.29 is 9.13 Å². The molecule has 0 bridgehead atoms. The van der Waals surface area contributed by atoms with Crippen molar-refractivity contribution in [2.75, 3.05) is 6.61 Å². The quantitative estimate of drug-likeness (QED) is 0.676. The van der Waals surface area contributed by atoms with E-state index >= 15 is 0 Å². The fraction of sp³-hybridized carbons (Fsp3) is 0.286. The monoisotopic (exact) mass is 353 g/mol. The predicted molar refractivity (Wildman–Crippen MR) is 101 cm³/mol. The Morgan fingerprint density at radius 2 is 1.96 bits per heavy atom. The van der Waals surface area contributed by atoms with Crippen molar-refractivity contribution in [2.24, 2.45) is 0 Å². The van der Waals surface area contributed by atoms with Crippen LogP contribution in [0.1, 0.15) is 36.7 Å². The highest BCUT2D eigenvalue weighted by molar-refractivity contribution is 5.36. The van der Waals surface area contributed by atoms with Crippen LogP contribution in [0.2, 0.25) is 0 Å². The summed E-state index contributed by atoms with van der Waals surface area (Å²) in [5.41, 5.74) is 4.02. The maximum atomic E-state index is 13.5. The summed E-state index contributed by atoms with van der Waals surface area (Å²) in [4.78, 5) is 0. The first-order chi connectivity index (χ1) is 12.6. The molecule has 3 rings (SSSR count). The summed E-state index contributed by atoms with van der Waals surface area (Å²) in [6.07, 6.45) is 1.84. The van der Waals surface area contributed by atoms with Gasteiger partial charge in [0.25, 0.3) is 0 Å². The molecule has 0 saturated carbocycles. The summed E-state index contributed by atoms with van der Waals surface area (Å²) in [5, 5.41) is 7.94. The maximum absolute atomic E-state index is 13.5. The Morgan fingerprint density at radius 3 is 2.65 bits per heavy atom. The molecule has 1 N–H and O–H groups in total. The molecule has 136 valence electrons. The minimum atomic E-state index is -0.263. The van der Waals surface area contributed by atoms with Gasteiger partial charge in [-0.15, -0.1) is 0 Å². The number of nitrogens with zero attached hydrogens (tertiary/aromatic N) is 2. The molecule has 0 fully saturated rings. The summed E-state index contributed by atoms with van der Waals surface area (Å²) in [7, 11) is 0. The molecule has 1 aromatic heterocycles. The lowest BCUT2D eigenvalue weighted by Crippen LogP contribution is -2.18. The van der Waals surface area contributed by atoms with Gasteiger partial charge in [0.1, 0.15) is 11.6 Å². The molecular weight excluding hydrogens is 329 g/mol. The van der Waals surface area contributed by atoms with Gasteiger partial charge in [-0.05, 0) is 56.7 Å². The standard InChI is InChI=1S/C21H24FN3O/c1-4-26-20-10-8-17(9-11-20)13-23-15(2)21-14-24-25(16(21)3)19-7-5-6-18(22)12-19/h5-12,14-15,23H,4,13H2,1-3H3. The second kappa shape index (κ2) is 8.15. The Morgan fingerprint density at radius 1 is 1.19 bits per heavy atom. The maximum Gasteiger partial charge on any atom is 0.125 e.